The van der Waals surface area contributed by atoms with Crippen LogP contribution in [0.1, 0.15) is 12.5 Å². The first kappa shape index (κ1) is 16.7. The molecule has 0 heterocycles. The Labute approximate surface area is 131 Å². The number of nitrogens with one attached hydrogen (secondary N) is 1. The average Bonchev–Trinajstić information content (AvgIpc) is 2.46. The van der Waals surface area contributed by atoms with Crippen LogP contribution in [-0.2, 0) is 0 Å². The fraction of sp³-hybridized carbons (Fsp3) is 0.176. The number of aliphatic imine (C=N–C) groups is 1. The topological polar surface area (TPSA) is 48.2 Å². The number of nitriles is 1. The molecule has 0 aliphatic carbocycles. The second-order valence-electron chi connectivity index (χ2n) is 4.26. The summed E-state index contributed by atoms with van der Waals surface area (Å²) in [7, 11) is 1.69. The van der Waals surface area contributed by atoms with Gasteiger partial charge in [-0.1, -0.05) is 30.3 Å². The van der Waals surface area contributed by atoms with Crippen molar-refractivity contribution in [3.05, 3.63) is 64.9 Å². The SMILES string of the molecule is C=C(/C=C(C#N)/C=C(\C=NC)c1cccc(Cl)c1)NCC. The highest BCUT2D eigenvalue weighted by Gasteiger charge is 2.02. The van der Waals surface area contributed by atoms with Gasteiger partial charge in [0.25, 0.3) is 0 Å². The van der Waals surface area contributed by atoms with Crippen molar-refractivity contribution >= 4 is 23.4 Å². The third-order valence-electron chi connectivity index (χ3n) is 2.60. The van der Waals surface area contributed by atoms with E-state index >= 15 is 0 Å². The molecule has 0 unspecified atom stereocenters. The van der Waals surface area contributed by atoms with Gasteiger partial charge in [-0.15, -0.1) is 0 Å². The molecular formula is C17H18ClN3. The van der Waals surface area contributed by atoms with Crippen molar-refractivity contribution in [2.24, 2.45) is 4.99 Å². The van der Waals surface area contributed by atoms with Crippen LogP contribution < -0.4 is 5.32 Å². The lowest BCUT2D eigenvalue weighted by Crippen LogP contribution is -2.09. The highest BCUT2D eigenvalue weighted by molar-refractivity contribution is 6.31. The summed E-state index contributed by atoms with van der Waals surface area (Å²) in [5.74, 6) is 0. The number of rotatable bonds is 6. The molecule has 0 amide bonds. The molecule has 1 rings (SSSR count). The highest BCUT2D eigenvalue weighted by atomic mass is 35.5. The number of allylic oxidation sites excluding steroid dienone is 4. The number of hydrogen-bond acceptors (Lipinski definition) is 3. The van der Waals surface area contributed by atoms with Crippen molar-refractivity contribution < 1.29 is 0 Å². The van der Waals surface area contributed by atoms with Crippen molar-refractivity contribution in [1.29, 1.82) is 5.26 Å². The van der Waals surface area contributed by atoms with Gasteiger partial charge in [0.1, 0.15) is 0 Å². The van der Waals surface area contributed by atoms with Crippen LogP contribution in [0, 0.1) is 11.3 Å². The molecule has 0 saturated heterocycles. The molecule has 1 aromatic carbocycles. The van der Waals surface area contributed by atoms with E-state index in [0.29, 0.717) is 16.3 Å². The van der Waals surface area contributed by atoms with Crippen LogP contribution in [0.3, 0.4) is 0 Å². The second kappa shape index (κ2) is 8.78. The fourth-order valence-corrected chi connectivity index (χ4v) is 1.93. The summed E-state index contributed by atoms with van der Waals surface area (Å²) in [5.41, 5.74) is 2.92. The summed E-state index contributed by atoms with van der Waals surface area (Å²) in [6.45, 7) is 6.58. The minimum atomic E-state index is 0.496. The Bertz CT molecular complexity index is 634. The minimum absolute atomic E-state index is 0.496. The quantitative estimate of drug-likeness (QED) is 0.490. The first-order valence-electron chi connectivity index (χ1n) is 6.55. The van der Waals surface area contributed by atoms with Crippen LogP contribution in [0.15, 0.2) is 59.3 Å². The molecule has 0 aliphatic heterocycles. The lowest BCUT2D eigenvalue weighted by atomic mass is 10.0. The van der Waals surface area contributed by atoms with Crippen LogP contribution in [-0.4, -0.2) is 19.8 Å². The van der Waals surface area contributed by atoms with E-state index in [4.69, 9.17) is 11.6 Å². The van der Waals surface area contributed by atoms with E-state index in [1.807, 2.05) is 25.1 Å². The second-order valence-corrected chi connectivity index (χ2v) is 4.70. The predicted octanol–water partition coefficient (Wildman–Crippen LogP) is 4.00. The Morgan fingerprint density at radius 1 is 1.48 bits per heavy atom. The molecule has 1 aromatic rings. The molecule has 0 saturated carbocycles. The monoisotopic (exact) mass is 299 g/mol. The Hall–Kier alpha value is -2.31. The van der Waals surface area contributed by atoms with E-state index in [2.05, 4.69) is 23.0 Å². The van der Waals surface area contributed by atoms with E-state index in [0.717, 1.165) is 17.7 Å². The van der Waals surface area contributed by atoms with Crippen molar-refractivity contribution in [3.8, 4) is 6.07 Å². The zero-order chi connectivity index (χ0) is 15.7. The largest absolute Gasteiger partial charge is 0.386 e. The van der Waals surface area contributed by atoms with E-state index in [1.165, 1.54) is 0 Å². The molecule has 0 spiro atoms. The minimum Gasteiger partial charge on any atom is -0.386 e. The Morgan fingerprint density at radius 3 is 2.81 bits per heavy atom. The van der Waals surface area contributed by atoms with E-state index < -0.39 is 0 Å². The summed E-state index contributed by atoms with van der Waals surface area (Å²) >= 11 is 6.01. The van der Waals surface area contributed by atoms with Gasteiger partial charge in [-0.2, -0.15) is 5.26 Å². The summed E-state index contributed by atoms with van der Waals surface area (Å²) in [5, 5.41) is 13.0. The van der Waals surface area contributed by atoms with Crippen molar-refractivity contribution in [3.63, 3.8) is 0 Å². The van der Waals surface area contributed by atoms with Crippen LogP contribution in [0.4, 0.5) is 0 Å². The van der Waals surface area contributed by atoms with Crippen molar-refractivity contribution in [2.45, 2.75) is 6.92 Å². The molecule has 4 heteroatoms. The molecule has 108 valence electrons. The van der Waals surface area contributed by atoms with E-state index in [-0.39, 0.29) is 0 Å². The summed E-state index contributed by atoms with van der Waals surface area (Å²) in [4.78, 5) is 4.03. The number of halogens is 1. The van der Waals surface area contributed by atoms with Crippen LogP contribution in [0.25, 0.3) is 5.57 Å². The van der Waals surface area contributed by atoms with Crippen molar-refractivity contribution in [1.82, 2.24) is 5.32 Å². The van der Waals surface area contributed by atoms with Gasteiger partial charge >= 0.3 is 0 Å². The smallest absolute Gasteiger partial charge is 0.0992 e. The van der Waals surface area contributed by atoms with Gasteiger partial charge in [0.05, 0.1) is 11.6 Å². The van der Waals surface area contributed by atoms with Crippen molar-refractivity contribution in [2.75, 3.05) is 13.6 Å². The lowest BCUT2D eigenvalue weighted by molar-refractivity contribution is 0.882. The molecule has 0 aliphatic rings. The molecule has 21 heavy (non-hydrogen) atoms. The maximum atomic E-state index is 9.26. The van der Waals surface area contributed by atoms with Crippen LogP contribution in [0.5, 0.6) is 0 Å². The zero-order valence-electron chi connectivity index (χ0n) is 12.2. The maximum absolute atomic E-state index is 9.26. The molecule has 3 nitrogen and oxygen atoms in total. The van der Waals surface area contributed by atoms with E-state index in [1.54, 1.807) is 31.5 Å². The van der Waals surface area contributed by atoms with Gasteiger partial charge in [0, 0.05) is 36.1 Å². The lowest BCUT2D eigenvalue weighted by Gasteiger charge is -2.04. The maximum Gasteiger partial charge on any atom is 0.0992 e. The Morgan fingerprint density at radius 2 is 2.24 bits per heavy atom. The fourth-order valence-electron chi connectivity index (χ4n) is 1.74. The summed E-state index contributed by atoms with van der Waals surface area (Å²) in [6.07, 6.45) is 5.17. The molecule has 1 N–H and O–H groups in total. The van der Waals surface area contributed by atoms with Gasteiger partial charge < -0.3 is 5.32 Å². The third-order valence-corrected chi connectivity index (χ3v) is 2.83. The van der Waals surface area contributed by atoms with E-state index in [9.17, 15) is 5.26 Å². The highest BCUT2D eigenvalue weighted by Crippen LogP contribution is 2.19. The zero-order valence-corrected chi connectivity index (χ0v) is 13.0. The molecular weight excluding hydrogens is 282 g/mol. The van der Waals surface area contributed by atoms with Gasteiger partial charge in [-0.3, -0.25) is 4.99 Å². The predicted molar refractivity (Wildman–Crippen MR) is 90.4 cm³/mol. The Kier molecular flexibility index (Phi) is 7.00. The van der Waals surface area contributed by atoms with Crippen LogP contribution >= 0.6 is 11.6 Å². The van der Waals surface area contributed by atoms with Gasteiger partial charge in [-0.05, 0) is 36.8 Å². The molecule has 0 atom stereocenters. The van der Waals surface area contributed by atoms with Crippen LogP contribution in [0.2, 0.25) is 5.02 Å². The number of benzene rings is 1. The number of hydrogen-bond donors (Lipinski definition) is 1. The summed E-state index contributed by atoms with van der Waals surface area (Å²) in [6, 6.07) is 9.58. The molecule has 0 radical (unpaired) electrons. The average molecular weight is 300 g/mol. The molecule has 0 aromatic heterocycles. The standard InChI is InChI=1S/C17H18ClN3/c1-4-21-13(2)8-14(11-19)9-16(12-20-3)15-6-5-7-17(18)10-15/h5-10,12,21H,2,4H2,1,3H3/b14-8-,16-9+,20-12?. The van der Waals surface area contributed by atoms with Gasteiger partial charge in [0.15, 0.2) is 0 Å². The Balaban J connectivity index is 3.20. The normalized spacial score (nSPS) is 12.3. The van der Waals surface area contributed by atoms with Gasteiger partial charge in [0.2, 0.25) is 0 Å². The number of nitrogens with zero attached hydrogens (tertiary/aromatic N) is 2. The third kappa shape index (κ3) is 5.68. The molecule has 0 bridgehead atoms. The number of likely N-dealkylation sites (N-methyl/N-ethyl adjacent to an activating group) is 1. The van der Waals surface area contributed by atoms with Gasteiger partial charge in [-0.25, -0.2) is 0 Å². The first-order chi connectivity index (χ1) is 10.1. The first-order valence-corrected chi connectivity index (χ1v) is 6.92. The molecule has 0 fully saturated rings. The summed E-state index contributed by atoms with van der Waals surface area (Å²) < 4.78 is 0.